The minimum atomic E-state index is 0.615. The van der Waals surface area contributed by atoms with Gasteiger partial charge in [-0.2, -0.15) is 0 Å². The first-order valence-corrected chi connectivity index (χ1v) is 26.4. The van der Waals surface area contributed by atoms with Gasteiger partial charge in [0.25, 0.3) is 0 Å². The van der Waals surface area contributed by atoms with Crippen LogP contribution in [0.25, 0.3) is 78.9 Å². The minimum absolute atomic E-state index is 0.615. The molecule has 1 fully saturated rings. The van der Waals surface area contributed by atoms with E-state index in [1.54, 1.807) is 0 Å². The summed E-state index contributed by atoms with van der Waals surface area (Å²) in [4.78, 5) is 15.4. The molecule has 0 aliphatic heterocycles. The van der Waals surface area contributed by atoms with Crippen LogP contribution in [-0.2, 0) is 6.42 Å². The molecule has 0 spiro atoms. The number of para-hydroxylation sites is 6. The zero-order chi connectivity index (χ0) is 50.1. The highest BCUT2D eigenvalue weighted by atomic mass is 15.2. The van der Waals surface area contributed by atoms with E-state index in [2.05, 4.69) is 262 Å². The summed E-state index contributed by atoms with van der Waals surface area (Å²) in [6, 6.07) is 82.6. The molecule has 9 aromatic carbocycles. The number of benzene rings is 9. The minimum Gasteiger partial charge on any atom is -0.310 e. The zero-order valence-corrected chi connectivity index (χ0v) is 41.7. The van der Waals surface area contributed by atoms with E-state index in [1.807, 2.05) is 24.3 Å². The Balaban J connectivity index is 0.801. The van der Waals surface area contributed by atoms with Crippen molar-refractivity contribution in [1.29, 1.82) is 0 Å². The lowest BCUT2D eigenvalue weighted by Gasteiger charge is -2.27. The fourth-order valence-electron chi connectivity index (χ4n) is 12.0. The van der Waals surface area contributed by atoms with Gasteiger partial charge < -0.3 is 18.9 Å². The van der Waals surface area contributed by atoms with E-state index in [0.29, 0.717) is 11.8 Å². The third-order valence-electron chi connectivity index (χ3n) is 15.6. The van der Waals surface area contributed by atoms with Crippen LogP contribution in [0.3, 0.4) is 0 Å². The van der Waals surface area contributed by atoms with Crippen molar-refractivity contribution in [2.24, 2.45) is 5.92 Å². The second kappa shape index (κ2) is 18.0. The summed E-state index contributed by atoms with van der Waals surface area (Å²) in [7, 11) is 0. The molecule has 3 heterocycles. The van der Waals surface area contributed by atoms with Crippen molar-refractivity contribution in [3.63, 3.8) is 0 Å². The van der Waals surface area contributed by atoms with Crippen molar-refractivity contribution in [2.75, 3.05) is 9.80 Å². The van der Waals surface area contributed by atoms with Gasteiger partial charge in [0.05, 0.1) is 44.8 Å². The summed E-state index contributed by atoms with van der Waals surface area (Å²) in [5.74, 6) is 1.28. The van der Waals surface area contributed by atoms with Crippen LogP contribution in [0.2, 0.25) is 0 Å². The quantitative estimate of drug-likeness (QED) is 0.137. The van der Waals surface area contributed by atoms with Gasteiger partial charge in [-0.3, -0.25) is 0 Å². The molecule has 3 aliphatic carbocycles. The van der Waals surface area contributed by atoms with Crippen LogP contribution in [-0.4, -0.2) is 19.1 Å². The highest BCUT2D eigenvalue weighted by Crippen LogP contribution is 2.56. The number of hydrogen-bond donors (Lipinski definition) is 0. The lowest BCUT2D eigenvalue weighted by atomic mass is 10.0. The lowest BCUT2D eigenvalue weighted by Crippen LogP contribution is -2.11. The maximum absolute atomic E-state index is 5.36. The molecular formula is C70H50N6. The molecule has 12 aromatic rings. The number of rotatable bonds is 10. The number of allylic oxidation sites excluding steroid dienone is 4. The van der Waals surface area contributed by atoms with Crippen molar-refractivity contribution in [1.82, 2.24) is 19.1 Å². The Hall–Kier alpha value is -9.78. The second-order valence-electron chi connectivity index (χ2n) is 20.1. The van der Waals surface area contributed by atoms with Crippen LogP contribution in [0.1, 0.15) is 34.9 Å². The molecule has 2 unspecified atom stereocenters. The molecule has 0 saturated heterocycles. The van der Waals surface area contributed by atoms with E-state index in [4.69, 9.17) is 9.97 Å². The third-order valence-corrected chi connectivity index (χ3v) is 15.6. The van der Waals surface area contributed by atoms with Crippen molar-refractivity contribution in [3.8, 4) is 33.9 Å². The maximum Gasteiger partial charge on any atom is 0.0973 e. The highest BCUT2D eigenvalue weighted by molar-refractivity contribution is 5.94. The van der Waals surface area contributed by atoms with Crippen LogP contribution in [0.5, 0.6) is 0 Å². The summed E-state index contributed by atoms with van der Waals surface area (Å²) >= 11 is 0. The molecule has 3 aliphatic rings. The van der Waals surface area contributed by atoms with Gasteiger partial charge in [0.15, 0.2) is 0 Å². The van der Waals surface area contributed by atoms with E-state index in [0.717, 1.165) is 85.5 Å². The summed E-state index contributed by atoms with van der Waals surface area (Å²) in [6.45, 7) is 0. The molecule has 1 saturated carbocycles. The van der Waals surface area contributed by atoms with Gasteiger partial charge in [0, 0.05) is 67.4 Å². The van der Waals surface area contributed by atoms with Crippen LogP contribution in [0, 0.1) is 5.92 Å². The summed E-state index contributed by atoms with van der Waals surface area (Å²) < 4.78 is 4.87. The smallest absolute Gasteiger partial charge is 0.0973 e. The van der Waals surface area contributed by atoms with Crippen LogP contribution in [0.15, 0.2) is 255 Å². The average molecular weight is 975 g/mol. The van der Waals surface area contributed by atoms with E-state index in [9.17, 15) is 0 Å². The van der Waals surface area contributed by atoms with Gasteiger partial charge in [0.2, 0.25) is 0 Å². The molecule has 15 rings (SSSR count). The fourth-order valence-corrected chi connectivity index (χ4v) is 12.0. The van der Waals surface area contributed by atoms with E-state index in [-0.39, 0.29) is 0 Å². The third kappa shape index (κ3) is 7.40. The van der Waals surface area contributed by atoms with Gasteiger partial charge in [-0.15, -0.1) is 0 Å². The van der Waals surface area contributed by atoms with Gasteiger partial charge >= 0.3 is 0 Å². The molecule has 360 valence electrons. The van der Waals surface area contributed by atoms with E-state index >= 15 is 0 Å². The van der Waals surface area contributed by atoms with Crippen LogP contribution in [0.4, 0.5) is 34.1 Å². The first-order valence-electron chi connectivity index (χ1n) is 26.4. The normalized spacial score (nSPS) is 15.1. The summed E-state index contributed by atoms with van der Waals surface area (Å²) in [5.41, 5.74) is 21.8. The Bertz CT molecular complexity index is 4120. The number of nitrogens with zero attached hydrogens (tertiary/aromatic N) is 6. The van der Waals surface area contributed by atoms with Gasteiger partial charge in [-0.25, -0.2) is 9.97 Å². The summed E-state index contributed by atoms with van der Waals surface area (Å²) in [5, 5.41) is 2.65. The number of anilines is 6. The largest absolute Gasteiger partial charge is 0.310 e. The van der Waals surface area contributed by atoms with Gasteiger partial charge in [-0.05, 0) is 157 Å². The van der Waals surface area contributed by atoms with Crippen molar-refractivity contribution >= 4 is 79.1 Å². The van der Waals surface area contributed by atoms with E-state index in [1.165, 1.54) is 50.7 Å². The lowest BCUT2D eigenvalue weighted by molar-refractivity contribution is 0.975. The fraction of sp³-hybridized carbons (Fsp3) is 0.0571. The van der Waals surface area contributed by atoms with Gasteiger partial charge in [-0.1, -0.05) is 146 Å². The standard InChI is InChI=1S/C70H50N6/c1-4-18-50(19-5-1)73(54-22-16-24-56(45-54)75-64-31-9-3-8-26-58(64)59-27-10-14-32-65(59)75)52-39-34-47(35-40-52)69-70(72-63-30-13-12-29-62(63)71-69)48-36-41-53(42-37-48)74(51-20-6-2-7-21-51)55-23-17-25-57(46-55)76-66-33-15-11-28-60(66)68-61-44-49(61)38-43-67(68)76/h1-25,27-43,45-46,49,61H,26,44H2. The molecule has 0 radical (unpaired) electrons. The van der Waals surface area contributed by atoms with E-state index < -0.39 is 0 Å². The Morgan fingerprint density at radius 3 is 1.49 bits per heavy atom. The van der Waals surface area contributed by atoms with Gasteiger partial charge in [0.1, 0.15) is 0 Å². The predicted molar refractivity (Wildman–Crippen MR) is 315 cm³/mol. The van der Waals surface area contributed by atoms with Crippen molar-refractivity contribution in [2.45, 2.75) is 18.8 Å². The molecule has 0 bridgehead atoms. The monoisotopic (exact) mass is 974 g/mol. The van der Waals surface area contributed by atoms with Crippen molar-refractivity contribution in [3.05, 3.63) is 277 Å². The Labute approximate surface area is 441 Å². The predicted octanol–water partition coefficient (Wildman–Crippen LogP) is 18.0. The molecule has 76 heavy (non-hydrogen) atoms. The highest BCUT2D eigenvalue weighted by Gasteiger charge is 2.42. The molecular weight excluding hydrogens is 925 g/mol. The maximum atomic E-state index is 5.36. The topological polar surface area (TPSA) is 42.1 Å². The molecule has 6 heteroatoms. The number of hydrogen-bond acceptors (Lipinski definition) is 4. The summed E-state index contributed by atoms with van der Waals surface area (Å²) in [6.07, 6.45) is 15.7. The van der Waals surface area contributed by atoms with Crippen molar-refractivity contribution < 1.29 is 0 Å². The second-order valence-corrected chi connectivity index (χ2v) is 20.1. The Morgan fingerprint density at radius 2 is 0.895 bits per heavy atom. The Kier molecular flexibility index (Phi) is 10.4. The molecule has 0 N–H and O–H groups in total. The van der Waals surface area contributed by atoms with Crippen LogP contribution < -0.4 is 9.80 Å². The Morgan fingerprint density at radius 1 is 0.408 bits per heavy atom. The molecule has 6 nitrogen and oxygen atoms in total. The first-order chi connectivity index (χ1) is 37.7. The SMILES string of the molecule is C1=CCc2c(n(-c3cccc(N(c4ccccc4)c4ccc(-c5nc6ccccc6nc5-c5ccc(N(c6ccccc6)c6cccc(-n7c8c(c9ccccc97)C7CC7C=C8)c6)cc5)cc4)c3)c3ccccc23)C=C1. The average Bonchev–Trinajstić information content (AvgIpc) is 4.22. The molecule has 0 amide bonds. The van der Waals surface area contributed by atoms with Crippen LogP contribution >= 0.6 is 0 Å². The molecule has 3 aromatic heterocycles. The first kappa shape index (κ1) is 43.8. The number of aromatic nitrogens is 4. The molecule has 2 atom stereocenters. The number of fused-ring (bicyclic) bond motifs is 9. The zero-order valence-electron chi connectivity index (χ0n) is 41.7.